The zero-order valence-electron chi connectivity index (χ0n) is 18.9. The van der Waals surface area contributed by atoms with E-state index in [-0.39, 0.29) is 12.3 Å². The first-order valence-electron chi connectivity index (χ1n) is 11.7. The number of pyridine rings is 2. The van der Waals surface area contributed by atoms with Crippen LogP contribution in [-0.4, -0.2) is 37.7 Å². The van der Waals surface area contributed by atoms with Crippen LogP contribution < -0.4 is 5.32 Å². The molecule has 4 heterocycles. The van der Waals surface area contributed by atoms with E-state index in [1.165, 1.54) is 5.56 Å². The molecule has 1 aliphatic rings. The third-order valence-corrected chi connectivity index (χ3v) is 6.22. The molecule has 0 fully saturated rings. The van der Waals surface area contributed by atoms with Crippen molar-refractivity contribution in [3.05, 3.63) is 77.2 Å². The number of fused-ring (bicyclic) bond motifs is 2. The molecule has 4 aromatic rings. The van der Waals surface area contributed by atoms with Gasteiger partial charge >= 0.3 is 5.97 Å². The minimum absolute atomic E-state index is 0.0320. The first-order valence-corrected chi connectivity index (χ1v) is 11.7. The molecule has 1 unspecified atom stereocenters. The highest BCUT2D eigenvalue weighted by molar-refractivity contribution is 5.79. The fourth-order valence-corrected chi connectivity index (χ4v) is 4.45. The van der Waals surface area contributed by atoms with Crippen LogP contribution in [0.1, 0.15) is 53.7 Å². The van der Waals surface area contributed by atoms with Crippen LogP contribution in [0.3, 0.4) is 0 Å². The standard InChI is InChI=1S/C26H27N5O3/c32-25(33)15-19(20-13-18-5-1-2-8-22(18)28-16-20)14-24-30-23(31-34-24)9-3-7-21-11-10-17-6-4-12-27-26(17)29-21/h1-2,5,8,10-11,13,16,19H,3-4,6-7,9,12,14-15H2,(H,27,29)(H,32,33). The van der Waals surface area contributed by atoms with Crippen molar-refractivity contribution in [3.8, 4) is 0 Å². The van der Waals surface area contributed by atoms with E-state index in [4.69, 9.17) is 9.51 Å². The van der Waals surface area contributed by atoms with Gasteiger partial charge in [0.05, 0.1) is 11.9 Å². The minimum Gasteiger partial charge on any atom is -0.481 e. The van der Waals surface area contributed by atoms with Crippen molar-refractivity contribution >= 4 is 22.7 Å². The van der Waals surface area contributed by atoms with E-state index in [1.54, 1.807) is 6.20 Å². The fourth-order valence-electron chi connectivity index (χ4n) is 4.45. The molecule has 8 nitrogen and oxygen atoms in total. The van der Waals surface area contributed by atoms with E-state index in [0.717, 1.165) is 60.2 Å². The molecular weight excluding hydrogens is 430 g/mol. The van der Waals surface area contributed by atoms with Gasteiger partial charge < -0.3 is 14.9 Å². The topological polar surface area (TPSA) is 114 Å². The maximum Gasteiger partial charge on any atom is 0.303 e. The Hall–Kier alpha value is -3.81. The maximum absolute atomic E-state index is 11.5. The molecule has 0 saturated carbocycles. The Morgan fingerprint density at radius 2 is 2.06 bits per heavy atom. The lowest BCUT2D eigenvalue weighted by molar-refractivity contribution is -0.137. The summed E-state index contributed by atoms with van der Waals surface area (Å²) in [5.41, 5.74) is 4.08. The summed E-state index contributed by atoms with van der Waals surface area (Å²) in [5.74, 6) is 0.931. The van der Waals surface area contributed by atoms with Gasteiger partial charge in [0.1, 0.15) is 5.82 Å². The monoisotopic (exact) mass is 457 g/mol. The molecule has 1 atom stereocenters. The Morgan fingerprint density at radius 1 is 1.15 bits per heavy atom. The predicted molar refractivity (Wildman–Crippen MR) is 128 cm³/mol. The van der Waals surface area contributed by atoms with Crippen LogP contribution in [0.5, 0.6) is 0 Å². The first kappa shape index (κ1) is 22.0. The van der Waals surface area contributed by atoms with Crippen molar-refractivity contribution in [2.75, 3.05) is 11.9 Å². The van der Waals surface area contributed by atoms with Gasteiger partial charge in [-0.3, -0.25) is 9.78 Å². The zero-order valence-corrected chi connectivity index (χ0v) is 18.9. The summed E-state index contributed by atoms with van der Waals surface area (Å²) in [6.45, 7) is 0.979. The molecule has 1 aliphatic heterocycles. The number of aromatic nitrogens is 4. The number of nitrogens with zero attached hydrogens (tertiary/aromatic N) is 4. The molecule has 8 heteroatoms. The van der Waals surface area contributed by atoms with Gasteiger partial charge in [0.2, 0.25) is 5.89 Å². The molecule has 2 N–H and O–H groups in total. The molecule has 0 saturated heterocycles. The summed E-state index contributed by atoms with van der Waals surface area (Å²) < 4.78 is 5.46. The summed E-state index contributed by atoms with van der Waals surface area (Å²) in [5, 5.41) is 17.9. The number of rotatable bonds is 9. The largest absolute Gasteiger partial charge is 0.481 e. The number of benzene rings is 1. The van der Waals surface area contributed by atoms with Crippen molar-refractivity contribution in [1.82, 2.24) is 20.1 Å². The van der Waals surface area contributed by atoms with Gasteiger partial charge in [0.25, 0.3) is 0 Å². The molecule has 0 radical (unpaired) electrons. The third-order valence-electron chi connectivity index (χ3n) is 6.22. The van der Waals surface area contributed by atoms with E-state index >= 15 is 0 Å². The number of nitrogens with one attached hydrogen (secondary N) is 1. The maximum atomic E-state index is 11.5. The Balaban J connectivity index is 1.22. The first-order chi connectivity index (χ1) is 16.6. The van der Waals surface area contributed by atoms with Crippen LogP contribution in [0.15, 0.2) is 53.2 Å². The Bertz CT molecular complexity index is 1300. The second-order valence-electron chi connectivity index (χ2n) is 8.76. The van der Waals surface area contributed by atoms with Crippen LogP contribution in [0, 0.1) is 0 Å². The van der Waals surface area contributed by atoms with Crippen molar-refractivity contribution in [3.63, 3.8) is 0 Å². The Kier molecular flexibility index (Phi) is 6.46. The van der Waals surface area contributed by atoms with Gasteiger partial charge in [0.15, 0.2) is 5.82 Å². The van der Waals surface area contributed by atoms with Gasteiger partial charge in [-0.15, -0.1) is 0 Å². The van der Waals surface area contributed by atoms with Crippen molar-refractivity contribution in [2.24, 2.45) is 0 Å². The van der Waals surface area contributed by atoms with E-state index in [1.807, 2.05) is 30.3 Å². The summed E-state index contributed by atoms with van der Waals surface area (Å²) >= 11 is 0. The van der Waals surface area contributed by atoms with Crippen LogP contribution in [0.4, 0.5) is 5.82 Å². The van der Waals surface area contributed by atoms with Crippen molar-refractivity contribution in [2.45, 2.75) is 50.9 Å². The molecular formula is C26H27N5O3. The number of anilines is 1. The number of para-hydroxylation sites is 1. The molecule has 34 heavy (non-hydrogen) atoms. The van der Waals surface area contributed by atoms with Gasteiger partial charge in [-0.1, -0.05) is 29.4 Å². The van der Waals surface area contributed by atoms with Crippen LogP contribution in [0.25, 0.3) is 10.9 Å². The lowest BCUT2D eigenvalue weighted by Crippen LogP contribution is -2.14. The van der Waals surface area contributed by atoms with E-state index < -0.39 is 5.97 Å². The van der Waals surface area contributed by atoms with Gasteiger partial charge in [-0.25, -0.2) is 4.98 Å². The predicted octanol–water partition coefficient (Wildman–Crippen LogP) is 4.35. The van der Waals surface area contributed by atoms with Crippen LogP contribution in [0.2, 0.25) is 0 Å². The minimum atomic E-state index is -0.870. The third kappa shape index (κ3) is 5.22. The highest BCUT2D eigenvalue weighted by Crippen LogP contribution is 2.26. The van der Waals surface area contributed by atoms with E-state index in [9.17, 15) is 9.90 Å². The second kappa shape index (κ2) is 9.99. The molecule has 0 bridgehead atoms. The number of carboxylic acids is 1. The van der Waals surface area contributed by atoms with Gasteiger partial charge in [0, 0.05) is 42.6 Å². The fraction of sp³-hybridized carbons (Fsp3) is 0.346. The van der Waals surface area contributed by atoms with E-state index in [2.05, 4.69) is 32.6 Å². The molecule has 0 amide bonds. The lowest BCUT2D eigenvalue weighted by atomic mass is 9.93. The Morgan fingerprint density at radius 3 is 2.97 bits per heavy atom. The molecule has 0 aliphatic carbocycles. The number of carboxylic acid groups (broad SMARTS) is 1. The molecule has 174 valence electrons. The van der Waals surface area contributed by atoms with Crippen LogP contribution >= 0.6 is 0 Å². The summed E-state index contributed by atoms with van der Waals surface area (Å²) in [7, 11) is 0. The molecule has 5 rings (SSSR count). The normalized spacial score (nSPS) is 13.9. The van der Waals surface area contributed by atoms with E-state index in [0.29, 0.717) is 24.6 Å². The number of aryl methyl sites for hydroxylation is 3. The average molecular weight is 458 g/mol. The summed E-state index contributed by atoms with van der Waals surface area (Å²) in [4.78, 5) is 25.3. The molecule has 1 aromatic carbocycles. The smallest absolute Gasteiger partial charge is 0.303 e. The average Bonchev–Trinajstić information content (AvgIpc) is 3.30. The molecule has 0 spiro atoms. The highest BCUT2D eigenvalue weighted by Gasteiger charge is 2.21. The van der Waals surface area contributed by atoms with Crippen LogP contribution in [-0.2, 0) is 30.5 Å². The van der Waals surface area contributed by atoms with Crippen molar-refractivity contribution in [1.29, 1.82) is 0 Å². The van der Waals surface area contributed by atoms with Gasteiger partial charge in [-0.05, 0) is 55.0 Å². The molecule has 3 aromatic heterocycles. The van der Waals surface area contributed by atoms with Gasteiger partial charge in [-0.2, -0.15) is 4.98 Å². The number of aliphatic carboxylic acids is 1. The second-order valence-corrected chi connectivity index (χ2v) is 8.76. The summed E-state index contributed by atoms with van der Waals surface area (Å²) in [6, 6.07) is 14.0. The summed E-state index contributed by atoms with van der Waals surface area (Å²) in [6.07, 6.45) is 6.68. The SMILES string of the molecule is O=C(O)CC(Cc1nc(CCCc2ccc3c(n2)NCCC3)no1)c1cnc2ccccc2c1. The van der Waals surface area contributed by atoms with Crippen molar-refractivity contribution < 1.29 is 14.4 Å². The quantitative estimate of drug-likeness (QED) is 0.381. The Labute approximate surface area is 197 Å². The highest BCUT2D eigenvalue weighted by atomic mass is 16.5. The number of hydrogen-bond acceptors (Lipinski definition) is 7. The zero-order chi connectivity index (χ0) is 23.3. The number of carbonyl (C=O) groups is 1. The number of hydrogen-bond donors (Lipinski definition) is 2. The lowest BCUT2D eigenvalue weighted by Gasteiger charge is -2.17.